The largest absolute Gasteiger partial charge is 0.494 e. The van der Waals surface area contributed by atoms with E-state index in [9.17, 15) is 9.59 Å². The summed E-state index contributed by atoms with van der Waals surface area (Å²) in [6, 6.07) is 15.5. The zero-order valence-electron chi connectivity index (χ0n) is 18.5. The number of hydrogen-bond acceptors (Lipinski definition) is 6. The minimum atomic E-state index is -0.153. The van der Waals surface area contributed by atoms with Gasteiger partial charge in [-0.1, -0.05) is 31.2 Å². The van der Waals surface area contributed by atoms with Crippen molar-refractivity contribution in [3.63, 3.8) is 0 Å². The number of rotatable bonds is 9. The lowest BCUT2D eigenvalue weighted by molar-refractivity contribution is -0.116. The normalized spacial score (nSPS) is 10.8. The monoisotopic (exact) mass is 463 g/mol. The molecule has 0 aliphatic rings. The summed E-state index contributed by atoms with van der Waals surface area (Å²) in [4.78, 5) is 28.6. The standard InChI is InChI=1S/C24H25N5O3S/c1-3-17-6-12-20(13-7-17)32-14-4-5-22(31)26-23-27-24-29(28-23)21(15-33-24)18-8-10-19(11-9-18)25-16(2)30/h6-13,15H,3-5,14H2,1-2H3,(H,25,30)(H,26,28,31). The molecule has 0 radical (unpaired) electrons. The third-order valence-corrected chi connectivity index (χ3v) is 5.80. The quantitative estimate of drug-likeness (QED) is 0.348. The van der Waals surface area contributed by atoms with Gasteiger partial charge in [0.1, 0.15) is 5.75 Å². The van der Waals surface area contributed by atoms with Crippen LogP contribution in [0.25, 0.3) is 16.2 Å². The summed E-state index contributed by atoms with van der Waals surface area (Å²) < 4.78 is 7.40. The van der Waals surface area contributed by atoms with Crippen LogP contribution in [0.5, 0.6) is 5.75 Å². The lowest BCUT2D eigenvalue weighted by atomic mass is 10.1. The minimum Gasteiger partial charge on any atom is -0.494 e. The maximum Gasteiger partial charge on any atom is 0.250 e. The smallest absolute Gasteiger partial charge is 0.250 e. The molecule has 0 bridgehead atoms. The van der Waals surface area contributed by atoms with Crippen LogP contribution in [-0.4, -0.2) is 33.0 Å². The maximum atomic E-state index is 12.3. The predicted octanol–water partition coefficient (Wildman–Crippen LogP) is 4.78. The zero-order valence-corrected chi connectivity index (χ0v) is 19.3. The van der Waals surface area contributed by atoms with Crippen molar-refractivity contribution < 1.29 is 14.3 Å². The van der Waals surface area contributed by atoms with Crippen molar-refractivity contribution in [2.75, 3.05) is 17.2 Å². The lowest BCUT2D eigenvalue weighted by Crippen LogP contribution is -2.14. The number of ether oxygens (including phenoxy) is 1. The highest BCUT2D eigenvalue weighted by Crippen LogP contribution is 2.27. The summed E-state index contributed by atoms with van der Waals surface area (Å²) in [7, 11) is 0. The molecule has 33 heavy (non-hydrogen) atoms. The summed E-state index contributed by atoms with van der Waals surface area (Å²) in [5.41, 5.74) is 3.78. The van der Waals surface area contributed by atoms with E-state index in [2.05, 4.69) is 27.6 Å². The van der Waals surface area contributed by atoms with E-state index in [1.54, 1.807) is 4.52 Å². The molecule has 2 aromatic heterocycles. The van der Waals surface area contributed by atoms with Crippen molar-refractivity contribution >= 4 is 39.7 Å². The van der Waals surface area contributed by atoms with Crippen molar-refractivity contribution in [2.45, 2.75) is 33.1 Å². The molecule has 0 aliphatic carbocycles. The zero-order chi connectivity index (χ0) is 23.2. The lowest BCUT2D eigenvalue weighted by Gasteiger charge is -2.06. The Labute approximate surface area is 195 Å². The molecule has 2 aromatic carbocycles. The molecular formula is C24H25N5O3S. The summed E-state index contributed by atoms with van der Waals surface area (Å²) >= 11 is 1.44. The average molecular weight is 464 g/mol. The molecule has 170 valence electrons. The predicted molar refractivity (Wildman–Crippen MR) is 130 cm³/mol. The first-order chi connectivity index (χ1) is 16.0. The molecule has 2 amide bonds. The van der Waals surface area contributed by atoms with Gasteiger partial charge in [0.05, 0.1) is 12.3 Å². The van der Waals surface area contributed by atoms with Crippen LogP contribution in [0.4, 0.5) is 11.6 Å². The first kappa shape index (κ1) is 22.5. The molecule has 0 aliphatic heterocycles. The van der Waals surface area contributed by atoms with Gasteiger partial charge in [-0.3, -0.25) is 14.9 Å². The number of aryl methyl sites for hydroxylation is 1. The van der Waals surface area contributed by atoms with E-state index in [1.165, 1.54) is 23.8 Å². The molecular weight excluding hydrogens is 438 g/mol. The molecule has 8 nitrogen and oxygen atoms in total. The molecule has 2 N–H and O–H groups in total. The van der Waals surface area contributed by atoms with Gasteiger partial charge in [0.15, 0.2) is 0 Å². The molecule has 0 spiro atoms. The number of carbonyl (C=O) groups excluding carboxylic acids is 2. The summed E-state index contributed by atoms with van der Waals surface area (Å²) in [6.45, 7) is 4.04. The number of aromatic nitrogens is 3. The summed E-state index contributed by atoms with van der Waals surface area (Å²) in [5, 5.41) is 11.9. The highest BCUT2D eigenvalue weighted by atomic mass is 32.1. The van der Waals surface area contributed by atoms with E-state index in [-0.39, 0.29) is 17.8 Å². The van der Waals surface area contributed by atoms with Crippen molar-refractivity contribution in [3.8, 4) is 17.0 Å². The minimum absolute atomic E-state index is 0.116. The van der Waals surface area contributed by atoms with Crippen molar-refractivity contribution in [2.24, 2.45) is 0 Å². The van der Waals surface area contributed by atoms with E-state index < -0.39 is 0 Å². The van der Waals surface area contributed by atoms with E-state index in [0.717, 1.165) is 29.1 Å². The fraction of sp³-hybridized carbons (Fsp3) is 0.250. The Morgan fingerprint density at radius 1 is 1.06 bits per heavy atom. The number of hydrogen-bond donors (Lipinski definition) is 2. The van der Waals surface area contributed by atoms with E-state index >= 15 is 0 Å². The van der Waals surface area contributed by atoms with E-state index in [1.807, 2.05) is 53.9 Å². The van der Waals surface area contributed by atoms with Crippen molar-refractivity contribution in [3.05, 3.63) is 59.5 Å². The van der Waals surface area contributed by atoms with Crippen molar-refractivity contribution in [1.29, 1.82) is 0 Å². The van der Waals surface area contributed by atoms with Gasteiger partial charge in [-0.2, -0.15) is 4.98 Å². The SMILES string of the molecule is CCc1ccc(OCCCC(=O)Nc2nc3scc(-c4ccc(NC(C)=O)cc4)n3n2)cc1. The maximum absolute atomic E-state index is 12.3. The Morgan fingerprint density at radius 3 is 2.52 bits per heavy atom. The molecule has 0 unspecified atom stereocenters. The molecule has 0 saturated carbocycles. The number of anilines is 2. The number of carbonyl (C=O) groups is 2. The van der Waals surface area contributed by atoms with Crippen molar-refractivity contribution in [1.82, 2.24) is 14.6 Å². The summed E-state index contributed by atoms with van der Waals surface area (Å²) in [6.07, 6.45) is 1.90. The van der Waals surface area contributed by atoms with Crippen LogP contribution < -0.4 is 15.4 Å². The Balaban J connectivity index is 1.31. The van der Waals surface area contributed by atoms with Crippen LogP contribution in [0, 0.1) is 0 Å². The first-order valence-corrected chi connectivity index (χ1v) is 11.6. The highest BCUT2D eigenvalue weighted by molar-refractivity contribution is 7.15. The Morgan fingerprint density at radius 2 is 1.82 bits per heavy atom. The van der Waals surface area contributed by atoms with Crippen LogP contribution in [0.15, 0.2) is 53.9 Å². The second kappa shape index (κ2) is 10.3. The second-order valence-electron chi connectivity index (χ2n) is 7.51. The van der Waals surface area contributed by atoms with Gasteiger partial charge in [-0.25, -0.2) is 4.52 Å². The fourth-order valence-electron chi connectivity index (χ4n) is 3.29. The number of nitrogens with one attached hydrogen (secondary N) is 2. The first-order valence-electron chi connectivity index (χ1n) is 10.8. The average Bonchev–Trinajstić information content (AvgIpc) is 3.37. The second-order valence-corrected chi connectivity index (χ2v) is 8.34. The summed E-state index contributed by atoms with van der Waals surface area (Å²) in [5.74, 6) is 0.814. The molecule has 4 aromatic rings. The van der Waals surface area contributed by atoms with Gasteiger partial charge in [-0.15, -0.1) is 16.4 Å². The molecule has 9 heteroatoms. The molecule has 0 fully saturated rings. The number of nitrogens with zero attached hydrogens (tertiary/aromatic N) is 3. The third kappa shape index (κ3) is 5.75. The highest BCUT2D eigenvalue weighted by Gasteiger charge is 2.13. The Bertz CT molecular complexity index is 1250. The van der Waals surface area contributed by atoms with E-state index in [4.69, 9.17) is 4.74 Å². The van der Waals surface area contributed by atoms with Crippen LogP contribution in [0.2, 0.25) is 0 Å². The van der Waals surface area contributed by atoms with E-state index in [0.29, 0.717) is 24.4 Å². The third-order valence-electron chi connectivity index (χ3n) is 4.98. The van der Waals surface area contributed by atoms with Crippen LogP contribution in [0.3, 0.4) is 0 Å². The Kier molecular flexibility index (Phi) is 6.99. The van der Waals surface area contributed by atoms with Crippen LogP contribution in [-0.2, 0) is 16.0 Å². The topological polar surface area (TPSA) is 97.6 Å². The molecule has 4 rings (SSSR count). The van der Waals surface area contributed by atoms with Gasteiger partial charge in [0.25, 0.3) is 0 Å². The van der Waals surface area contributed by atoms with Gasteiger partial charge >= 0.3 is 0 Å². The number of thiazole rings is 1. The number of amides is 2. The van der Waals surface area contributed by atoms with Gasteiger partial charge in [0.2, 0.25) is 22.7 Å². The molecule has 2 heterocycles. The van der Waals surface area contributed by atoms with Crippen LogP contribution in [0.1, 0.15) is 32.3 Å². The van der Waals surface area contributed by atoms with Gasteiger partial charge in [0, 0.05) is 30.0 Å². The Hall–Kier alpha value is -3.72. The van der Waals surface area contributed by atoms with Gasteiger partial charge < -0.3 is 10.1 Å². The molecule has 0 saturated heterocycles. The number of fused-ring (bicyclic) bond motifs is 1. The van der Waals surface area contributed by atoms with Gasteiger partial charge in [-0.05, 0) is 42.7 Å². The molecule has 0 atom stereocenters. The number of benzene rings is 2. The fourth-order valence-corrected chi connectivity index (χ4v) is 4.12. The van der Waals surface area contributed by atoms with Crippen LogP contribution >= 0.6 is 11.3 Å².